The minimum Gasteiger partial charge on any atom is -0.316 e. The minimum atomic E-state index is 0.999. The van der Waals surface area contributed by atoms with E-state index in [1.54, 1.807) is 0 Å². The Bertz CT molecular complexity index is 150. The van der Waals surface area contributed by atoms with Crippen molar-refractivity contribution in [1.29, 1.82) is 0 Å². The molecule has 0 aromatic rings. The second-order valence-corrected chi connectivity index (χ2v) is 5.61. The Morgan fingerprint density at radius 3 is 2.44 bits per heavy atom. The predicted molar refractivity (Wildman–Crippen MR) is 69.7 cm³/mol. The van der Waals surface area contributed by atoms with Crippen molar-refractivity contribution in [2.75, 3.05) is 32.7 Å². The van der Waals surface area contributed by atoms with E-state index in [2.05, 4.69) is 10.2 Å². The van der Waals surface area contributed by atoms with Crippen molar-refractivity contribution in [1.82, 2.24) is 10.2 Å². The van der Waals surface area contributed by atoms with Gasteiger partial charge in [-0.2, -0.15) is 0 Å². The third-order valence-electron chi connectivity index (χ3n) is 4.18. The number of hydrogen-bond donors (Lipinski definition) is 1. The molecule has 2 heteroatoms. The zero-order valence-corrected chi connectivity index (χ0v) is 10.7. The van der Waals surface area contributed by atoms with Gasteiger partial charge in [-0.15, -0.1) is 0 Å². The summed E-state index contributed by atoms with van der Waals surface area (Å²) in [5, 5.41) is 3.63. The van der Waals surface area contributed by atoms with Crippen molar-refractivity contribution < 1.29 is 0 Å². The molecule has 1 saturated heterocycles. The summed E-state index contributed by atoms with van der Waals surface area (Å²) in [5.74, 6) is 0.999. The molecule has 0 atom stereocenters. The monoisotopic (exact) mass is 224 g/mol. The summed E-state index contributed by atoms with van der Waals surface area (Å²) in [6, 6.07) is 0. The van der Waals surface area contributed by atoms with Crippen LogP contribution in [0.5, 0.6) is 0 Å². The van der Waals surface area contributed by atoms with Crippen LogP contribution >= 0.6 is 0 Å². The Morgan fingerprint density at radius 2 is 1.69 bits per heavy atom. The Kier molecular flexibility index (Phi) is 5.64. The fourth-order valence-electron chi connectivity index (χ4n) is 3.11. The van der Waals surface area contributed by atoms with Crippen LogP contribution in [0.25, 0.3) is 0 Å². The first kappa shape index (κ1) is 12.4. The van der Waals surface area contributed by atoms with E-state index in [4.69, 9.17) is 0 Å². The van der Waals surface area contributed by atoms with Gasteiger partial charge >= 0.3 is 0 Å². The number of likely N-dealkylation sites (tertiary alicyclic amines) is 1. The Balaban J connectivity index is 1.37. The highest BCUT2D eigenvalue weighted by molar-refractivity contribution is 4.70. The van der Waals surface area contributed by atoms with E-state index in [9.17, 15) is 0 Å². The molecule has 1 aliphatic heterocycles. The molecule has 0 spiro atoms. The predicted octanol–water partition coefficient (Wildman–Crippen LogP) is 2.64. The highest BCUT2D eigenvalue weighted by atomic mass is 15.1. The number of rotatable bonds is 7. The van der Waals surface area contributed by atoms with Crippen molar-refractivity contribution in [3.05, 3.63) is 0 Å². The summed E-state index contributed by atoms with van der Waals surface area (Å²) in [5.41, 5.74) is 0. The van der Waals surface area contributed by atoms with Crippen LogP contribution in [0.15, 0.2) is 0 Å². The van der Waals surface area contributed by atoms with Gasteiger partial charge in [0.05, 0.1) is 0 Å². The number of unbranched alkanes of at least 4 members (excludes halogenated alkanes) is 1. The molecule has 0 aromatic carbocycles. The molecule has 0 amide bonds. The van der Waals surface area contributed by atoms with Crippen LogP contribution < -0.4 is 5.32 Å². The van der Waals surface area contributed by atoms with Gasteiger partial charge in [-0.3, -0.25) is 0 Å². The van der Waals surface area contributed by atoms with Crippen molar-refractivity contribution >= 4 is 0 Å². The number of hydrogen-bond acceptors (Lipinski definition) is 2. The molecular weight excluding hydrogens is 196 g/mol. The average molecular weight is 224 g/mol. The molecule has 1 saturated carbocycles. The molecule has 1 heterocycles. The summed E-state index contributed by atoms with van der Waals surface area (Å²) in [6.45, 7) is 6.57. The van der Waals surface area contributed by atoms with Gasteiger partial charge in [0.25, 0.3) is 0 Å². The first-order valence-electron chi connectivity index (χ1n) is 7.38. The van der Waals surface area contributed by atoms with Gasteiger partial charge in [-0.1, -0.05) is 12.8 Å². The second kappa shape index (κ2) is 7.29. The summed E-state index contributed by atoms with van der Waals surface area (Å²) in [7, 11) is 0. The highest BCUT2D eigenvalue weighted by Gasteiger charge is 2.14. The molecular formula is C14H28N2. The maximum atomic E-state index is 3.63. The first-order chi connectivity index (χ1) is 7.95. The van der Waals surface area contributed by atoms with Crippen molar-refractivity contribution in [3.63, 3.8) is 0 Å². The second-order valence-electron chi connectivity index (χ2n) is 5.61. The summed E-state index contributed by atoms with van der Waals surface area (Å²) < 4.78 is 0. The molecule has 0 radical (unpaired) electrons. The molecule has 1 N–H and O–H groups in total. The molecule has 0 unspecified atom stereocenters. The van der Waals surface area contributed by atoms with Gasteiger partial charge in [0, 0.05) is 0 Å². The highest BCUT2D eigenvalue weighted by Crippen LogP contribution is 2.23. The van der Waals surface area contributed by atoms with E-state index in [0.29, 0.717) is 0 Å². The largest absolute Gasteiger partial charge is 0.316 e. The van der Waals surface area contributed by atoms with Gasteiger partial charge in [0.15, 0.2) is 0 Å². The molecule has 1 aliphatic carbocycles. The average Bonchev–Trinajstić information content (AvgIpc) is 2.96. The molecule has 0 bridgehead atoms. The van der Waals surface area contributed by atoms with E-state index in [1.807, 2.05) is 0 Å². The lowest BCUT2D eigenvalue weighted by molar-refractivity contribution is 0.328. The molecule has 2 aliphatic rings. The fraction of sp³-hybridized carbons (Fsp3) is 1.00. The zero-order valence-electron chi connectivity index (χ0n) is 10.7. The van der Waals surface area contributed by atoms with Gasteiger partial charge in [-0.05, 0) is 77.2 Å². The van der Waals surface area contributed by atoms with Crippen LogP contribution in [-0.2, 0) is 0 Å². The number of nitrogens with one attached hydrogen (secondary N) is 1. The fourth-order valence-corrected chi connectivity index (χ4v) is 3.11. The Labute approximate surface area is 101 Å². The topological polar surface area (TPSA) is 15.3 Å². The van der Waals surface area contributed by atoms with Crippen LogP contribution in [0, 0.1) is 5.92 Å². The van der Waals surface area contributed by atoms with E-state index in [0.717, 1.165) is 5.92 Å². The van der Waals surface area contributed by atoms with Gasteiger partial charge in [-0.25, -0.2) is 0 Å². The van der Waals surface area contributed by atoms with Crippen LogP contribution in [0.4, 0.5) is 0 Å². The number of nitrogens with zero attached hydrogens (tertiary/aromatic N) is 1. The molecule has 16 heavy (non-hydrogen) atoms. The lowest BCUT2D eigenvalue weighted by Crippen LogP contribution is -2.24. The molecule has 2 fully saturated rings. The zero-order chi connectivity index (χ0) is 11.1. The minimum absolute atomic E-state index is 0.999. The molecule has 94 valence electrons. The molecule has 2 rings (SSSR count). The van der Waals surface area contributed by atoms with Crippen LogP contribution in [-0.4, -0.2) is 37.6 Å². The van der Waals surface area contributed by atoms with E-state index < -0.39 is 0 Å². The Hall–Kier alpha value is -0.0800. The maximum absolute atomic E-state index is 3.63. The van der Waals surface area contributed by atoms with Gasteiger partial charge < -0.3 is 10.2 Å². The van der Waals surface area contributed by atoms with Crippen molar-refractivity contribution in [2.45, 2.75) is 51.4 Å². The van der Waals surface area contributed by atoms with Gasteiger partial charge in [0.1, 0.15) is 0 Å². The van der Waals surface area contributed by atoms with Crippen molar-refractivity contribution in [3.8, 4) is 0 Å². The normalized spacial score (nSPS) is 23.2. The third kappa shape index (κ3) is 4.42. The standard InChI is InChI=1S/C14H28N2/c1-2-8-14(7-1)13-15-9-3-4-10-16-11-5-6-12-16/h14-15H,1-13H2. The van der Waals surface area contributed by atoms with Gasteiger partial charge in [0.2, 0.25) is 0 Å². The van der Waals surface area contributed by atoms with E-state index in [1.165, 1.54) is 84.1 Å². The summed E-state index contributed by atoms with van der Waals surface area (Å²) >= 11 is 0. The Morgan fingerprint density at radius 1 is 0.938 bits per heavy atom. The molecule has 2 nitrogen and oxygen atoms in total. The smallest absolute Gasteiger partial charge is 0.00183 e. The van der Waals surface area contributed by atoms with Crippen LogP contribution in [0.3, 0.4) is 0 Å². The van der Waals surface area contributed by atoms with E-state index >= 15 is 0 Å². The first-order valence-corrected chi connectivity index (χ1v) is 7.38. The van der Waals surface area contributed by atoms with Crippen molar-refractivity contribution in [2.24, 2.45) is 5.92 Å². The summed E-state index contributed by atoms with van der Waals surface area (Å²) in [4.78, 5) is 2.62. The van der Waals surface area contributed by atoms with E-state index in [-0.39, 0.29) is 0 Å². The third-order valence-corrected chi connectivity index (χ3v) is 4.18. The quantitative estimate of drug-likeness (QED) is 0.669. The van der Waals surface area contributed by atoms with Crippen LogP contribution in [0.2, 0.25) is 0 Å². The molecule has 0 aromatic heterocycles. The maximum Gasteiger partial charge on any atom is -0.00183 e. The summed E-state index contributed by atoms with van der Waals surface area (Å²) in [6.07, 6.45) is 11.5. The lowest BCUT2D eigenvalue weighted by Gasteiger charge is -2.14. The van der Waals surface area contributed by atoms with Crippen LogP contribution in [0.1, 0.15) is 51.4 Å². The lowest BCUT2D eigenvalue weighted by atomic mass is 10.1. The SMILES string of the molecule is C(CCN1CCCC1)CNCC1CCCC1.